The molecule has 0 aromatic heterocycles. The number of rotatable bonds is 4. The molecule has 2 nitrogen and oxygen atoms in total. The summed E-state index contributed by atoms with van der Waals surface area (Å²) in [5.41, 5.74) is 0. The van der Waals surface area contributed by atoms with Gasteiger partial charge in [0.25, 0.3) is 0 Å². The molecule has 0 aliphatic heterocycles. The Labute approximate surface area is 81.8 Å². The van der Waals surface area contributed by atoms with Crippen LogP contribution in [0.1, 0.15) is 33.6 Å². The Kier molecular flexibility index (Phi) is 5.04. The van der Waals surface area contributed by atoms with E-state index in [0.29, 0.717) is 6.61 Å². The molecule has 66 valence electrons. The standard InChI is InChI=1S/C8H15IO2/c1-4-6-11-7(10)8(3,9)5-2/h4-6H2,1-3H3. The van der Waals surface area contributed by atoms with Crippen molar-refractivity contribution in [1.29, 1.82) is 0 Å². The summed E-state index contributed by atoms with van der Waals surface area (Å²) in [5, 5.41) is 0. The first-order chi connectivity index (χ1) is 5.04. The van der Waals surface area contributed by atoms with Gasteiger partial charge in [-0.15, -0.1) is 0 Å². The Bertz CT molecular complexity index is 132. The fraction of sp³-hybridized carbons (Fsp3) is 0.875. The molecule has 0 bridgehead atoms. The number of hydrogen-bond acceptors (Lipinski definition) is 2. The number of alkyl halides is 1. The van der Waals surface area contributed by atoms with Crippen LogP contribution in [0.3, 0.4) is 0 Å². The molecule has 0 aliphatic carbocycles. The molecule has 0 heterocycles. The third kappa shape index (κ3) is 3.94. The molecule has 11 heavy (non-hydrogen) atoms. The molecule has 0 saturated carbocycles. The van der Waals surface area contributed by atoms with E-state index in [1.807, 2.05) is 20.8 Å². The van der Waals surface area contributed by atoms with E-state index in [0.717, 1.165) is 12.8 Å². The lowest BCUT2D eigenvalue weighted by Gasteiger charge is -2.17. The molecule has 0 amide bonds. The fourth-order valence-corrected chi connectivity index (χ4v) is 0.645. The third-order valence-electron chi connectivity index (χ3n) is 1.53. The van der Waals surface area contributed by atoms with E-state index in [4.69, 9.17) is 4.74 Å². The van der Waals surface area contributed by atoms with Crippen LogP contribution in [-0.2, 0) is 9.53 Å². The van der Waals surface area contributed by atoms with Gasteiger partial charge in [-0.3, -0.25) is 4.79 Å². The minimum Gasteiger partial charge on any atom is -0.465 e. The summed E-state index contributed by atoms with van der Waals surface area (Å²) in [4.78, 5) is 11.2. The SMILES string of the molecule is CCCOC(=O)C(C)(I)CC. The summed E-state index contributed by atoms with van der Waals surface area (Å²) in [6, 6.07) is 0. The Balaban J connectivity index is 3.82. The van der Waals surface area contributed by atoms with Crippen molar-refractivity contribution in [2.75, 3.05) is 6.61 Å². The van der Waals surface area contributed by atoms with Crippen molar-refractivity contribution in [2.45, 2.75) is 37.0 Å². The topological polar surface area (TPSA) is 26.3 Å². The Morgan fingerprint density at radius 1 is 1.55 bits per heavy atom. The van der Waals surface area contributed by atoms with Gasteiger partial charge in [0.2, 0.25) is 0 Å². The summed E-state index contributed by atoms with van der Waals surface area (Å²) in [7, 11) is 0. The lowest BCUT2D eigenvalue weighted by molar-refractivity contribution is -0.145. The van der Waals surface area contributed by atoms with Gasteiger partial charge in [-0.2, -0.15) is 0 Å². The highest BCUT2D eigenvalue weighted by Gasteiger charge is 2.28. The molecule has 1 unspecified atom stereocenters. The average molecular weight is 270 g/mol. The van der Waals surface area contributed by atoms with Crippen molar-refractivity contribution in [1.82, 2.24) is 0 Å². The van der Waals surface area contributed by atoms with E-state index < -0.39 is 0 Å². The first-order valence-corrected chi connectivity index (χ1v) is 4.98. The molecular formula is C8H15IO2. The first-order valence-electron chi connectivity index (χ1n) is 3.90. The van der Waals surface area contributed by atoms with E-state index >= 15 is 0 Å². The molecule has 0 N–H and O–H groups in total. The molecular weight excluding hydrogens is 255 g/mol. The van der Waals surface area contributed by atoms with Gasteiger partial charge in [0.05, 0.1) is 6.61 Å². The molecule has 0 spiro atoms. The quantitative estimate of drug-likeness (QED) is 0.446. The second kappa shape index (κ2) is 4.95. The zero-order valence-corrected chi connectivity index (χ0v) is 9.47. The van der Waals surface area contributed by atoms with E-state index in [2.05, 4.69) is 22.6 Å². The zero-order chi connectivity index (χ0) is 8.91. The lowest BCUT2D eigenvalue weighted by Crippen LogP contribution is -2.29. The summed E-state index contributed by atoms with van der Waals surface area (Å²) in [6.45, 7) is 6.41. The van der Waals surface area contributed by atoms with Crippen molar-refractivity contribution in [3.05, 3.63) is 0 Å². The number of hydrogen-bond donors (Lipinski definition) is 0. The lowest BCUT2D eigenvalue weighted by atomic mass is 10.1. The minimum absolute atomic E-state index is 0.0950. The van der Waals surface area contributed by atoms with Crippen LogP contribution in [0.4, 0.5) is 0 Å². The number of esters is 1. The van der Waals surface area contributed by atoms with Crippen molar-refractivity contribution in [2.24, 2.45) is 0 Å². The normalized spacial score (nSPS) is 15.6. The summed E-state index contributed by atoms with van der Waals surface area (Å²) < 4.78 is 4.66. The number of carbonyl (C=O) groups excluding carboxylic acids is 1. The average Bonchev–Trinajstić information content (AvgIpc) is 2.00. The van der Waals surface area contributed by atoms with Crippen molar-refractivity contribution in [3.8, 4) is 0 Å². The monoisotopic (exact) mass is 270 g/mol. The van der Waals surface area contributed by atoms with Crippen molar-refractivity contribution >= 4 is 28.6 Å². The van der Waals surface area contributed by atoms with Crippen LogP contribution < -0.4 is 0 Å². The second-order valence-corrected chi connectivity index (χ2v) is 5.07. The highest BCUT2D eigenvalue weighted by molar-refractivity contribution is 14.1. The first kappa shape index (κ1) is 11.2. The number of ether oxygens (including phenoxy) is 1. The molecule has 0 fully saturated rings. The Hall–Kier alpha value is 0.200. The van der Waals surface area contributed by atoms with Gasteiger partial charge in [0, 0.05) is 0 Å². The highest BCUT2D eigenvalue weighted by Crippen LogP contribution is 2.23. The van der Waals surface area contributed by atoms with Gasteiger partial charge in [0.15, 0.2) is 0 Å². The van der Waals surface area contributed by atoms with Crippen LogP contribution in [0, 0.1) is 0 Å². The van der Waals surface area contributed by atoms with E-state index in [1.165, 1.54) is 0 Å². The molecule has 1 atom stereocenters. The van der Waals surface area contributed by atoms with Gasteiger partial charge in [-0.05, 0) is 19.8 Å². The highest BCUT2D eigenvalue weighted by atomic mass is 127. The zero-order valence-electron chi connectivity index (χ0n) is 7.32. The van der Waals surface area contributed by atoms with Crippen LogP contribution in [0.2, 0.25) is 0 Å². The predicted molar refractivity (Wildman–Crippen MR) is 54.0 cm³/mol. The van der Waals surface area contributed by atoms with Gasteiger partial charge >= 0.3 is 5.97 Å². The van der Waals surface area contributed by atoms with Crippen molar-refractivity contribution < 1.29 is 9.53 Å². The summed E-state index contributed by atoms with van der Waals surface area (Å²) in [6.07, 6.45) is 1.71. The summed E-state index contributed by atoms with van der Waals surface area (Å²) >= 11 is 2.13. The maximum atomic E-state index is 11.2. The molecule has 3 heteroatoms. The fourth-order valence-electron chi connectivity index (χ4n) is 0.490. The maximum absolute atomic E-state index is 11.2. The molecule has 0 radical (unpaired) electrons. The van der Waals surface area contributed by atoms with Gasteiger partial charge in [0.1, 0.15) is 3.42 Å². The van der Waals surface area contributed by atoms with Gasteiger partial charge in [-0.25, -0.2) is 0 Å². The second-order valence-electron chi connectivity index (χ2n) is 2.69. The molecule has 0 aromatic rings. The smallest absolute Gasteiger partial charge is 0.321 e. The molecule has 0 aromatic carbocycles. The molecule has 0 aliphatic rings. The van der Waals surface area contributed by atoms with E-state index in [-0.39, 0.29) is 9.39 Å². The largest absolute Gasteiger partial charge is 0.465 e. The van der Waals surface area contributed by atoms with Crippen LogP contribution in [0.25, 0.3) is 0 Å². The summed E-state index contributed by atoms with van der Waals surface area (Å²) in [5.74, 6) is -0.0950. The Morgan fingerprint density at radius 3 is 2.45 bits per heavy atom. The molecule has 0 saturated heterocycles. The number of carbonyl (C=O) groups is 1. The van der Waals surface area contributed by atoms with Gasteiger partial charge < -0.3 is 4.74 Å². The Morgan fingerprint density at radius 2 is 2.09 bits per heavy atom. The minimum atomic E-state index is -0.340. The van der Waals surface area contributed by atoms with E-state index in [1.54, 1.807) is 0 Å². The molecule has 0 rings (SSSR count). The predicted octanol–water partition coefficient (Wildman–Crippen LogP) is 2.54. The van der Waals surface area contributed by atoms with Gasteiger partial charge in [-0.1, -0.05) is 36.4 Å². The third-order valence-corrected chi connectivity index (χ3v) is 2.73. The van der Waals surface area contributed by atoms with E-state index in [9.17, 15) is 4.79 Å². The number of halogens is 1. The maximum Gasteiger partial charge on any atom is 0.321 e. The van der Waals surface area contributed by atoms with Crippen LogP contribution in [-0.4, -0.2) is 16.0 Å². The van der Waals surface area contributed by atoms with Crippen LogP contribution in [0.5, 0.6) is 0 Å². The van der Waals surface area contributed by atoms with Crippen LogP contribution in [0.15, 0.2) is 0 Å². The van der Waals surface area contributed by atoms with Crippen molar-refractivity contribution in [3.63, 3.8) is 0 Å². The van der Waals surface area contributed by atoms with Crippen LogP contribution >= 0.6 is 22.6 Å².